The van der Waals surface area contributed by atoms with Gasteiger partial charge in [0.25, 0.3) is 5.91 Å². The van der Waals surface area contributed by atoms with Gasteiger partial charge in [0.05, 0.1) is 17.1 Å². The summed E-state index contributed by atoms with van der Waals surface area (Å²) in [6, 6.07) is 8.89. The Morgan fingerprint density at radius 3 is 2.48 bits per heavy atom. The number of carbonyl (C=O) groups is 2. The van der Waals surface area contributed by atoms with E-state index < -0.39 is 0 Å². The predicted octanol–water partition coefficient (Wildman–Crippen LogP) is 4.59. The summed E-state index contributed by atoms with van der Waals surface area (Å²) in [5.74, 6) is -0.108. The Balaban J connectivity index is 2.06. The summed E-state index contributed by atoms with van der Waals surface area (Å²) in [6.07, 6.45) is 1.69. The molecular formula is C21H24N4O2. The Morgan fingerprint density at radius 1 is 1.11 bits per heavy atom. The van der Waals surface area contributed by atoms with Gasteiger partial charge in [0.1, 0.15) is 0 Å². The molecule has 1 N–H and O–H groups in total. The van der Waals surface area contributed by atoms with Gasteiger partial charge < -0.3 is 5.32 Å². The molecule has 140 valence electrons. The minimum atomic E-state index is -0.242. The molecule has 1 aromatic carbocycles. The second-order valence-corrected chi connectivity index (χ2v) is 7.26. The number of benzene rings is 1. The lowest BCUT2D eigenvalue weighted by atomic mass is 10.0. The first-order valence-corrected chi connectivity index (χ1v) is 9.08. The average molecular weight is 364 g/mol. The van der Waals surface area contributed by atoms with Crippen molar-refractivity contribution in [2.75, 3.05) is 5.32 Å². The number of rotatable bonds is 5. The lowest BCUT2D eigenvalue weighted by Crippen LogP contribution is -2.14. The Morgan fingerprint density at radius 2 is 1.85 bits per heavy atom. The molecule has 0 aliphatic rings. The van der Waals surface area contributed by atoms with Crippen LogP contribution in [0, 0.1) is 0 Å². The highest BCUT2D eigenvalue weighted by atomic mass is 16.1. The molecule has 6 nitrogen and oxygen atoms in total. The second kappa shape index (κ2) is 7.31. The number of nitrogens with zero attached hydrogens (tertiary/aromatic N) is 3. The minimum Gasteiger partial charge on any atom is -0.322 e. The number of carbonyl (C=O) groups excluding carboxylic acids is 2. The molecule has 0 spiro atoms. The first kappa shape index (κ1) is 18.8. The molecule has 0 saturated carbocycles. The van der Waals surface area contributed by atoms with Crippen LogP contribution in [0.3, 0.4) is 0 Å². The summed E-state index contributed by atoms with van der Waals surface area (Å²) >= 11 is 0. The molecule has 3 rings (SSSR count). The van der Waals surface area contributed by atoms with Crippen LogP contribution in [-0.4, -0.2) is 26.5 Å². The van der Waals surface area contributed by atoms with E-state index in [1.54, 1.807) is 30.5 Å². The first-order chi connectivity index (χ1) is 12.8. The standard InChI is InChI=1S/C21H24N4O2/c1-12(2)19-10-17(18-11-22-25(13(3)4)20(18)24-19)21(27)23-16-8-6-7-15(9-16)14(5)26/h6-13H,1-5H3,(H,23,27). The fourth-order valence-corrected chi connectivity index (χ4v) is 2.91. The number of ketones is 1. The fourth-order valence-electron chi connectivity index (χ4n) is 2.91. The van der Waals surface area contributed by atoms with Crippen LogP contribution in [0.25, 0.3) is 11.0 Å². The van der Waals surface area contributed by atoms with Gasteiger partial charge in [-0.3, -0.25) is 9.59 Å². The van der Waals surface area contributed by atoms with E-state index in [2.05, 4.69) is 10.4 Å². The molecule has 0 bridgehead atoms. The number of hydrogen-bond donors (Lipinski definition) is 1. The van der Waals surface area contributed by atoms with Gasteiger partial charge in [-0.05, 0) is 44.9 Å². The molecule has 0 fully saturated rings. The Kier molecular flexibility index (Phi) is 5.08. The summed E-state index contributed by atoms with van der Waals surface area (Å²) < 4.78 is 1.83. The topological polar surface area (TPSA) is 76.9 Å². The van der Waals surface area contributed by atoms with Crippen LogP contribution in [0.4, 0.5) is 5.69 Å². The number of nitrogens with one attached hydrogen (secondary N) is 1. The van der Waals surface area contributed by atoms with Crippen molar-refractivity contribution in [1.82, 2.24) is 14.8 Å². The van der Waals surface area contributed by atoms with Crippen LogP contribution in [0.2, 0.25) is 0 Å². The van der Waals surface area contributed by atoms with Gasteiger partial charge in [0, 0.05) is 23.0 Å². The third-order valence-electron chi connectivity index (χ3n) is 4.44. The molecule has 2 heterocycles. The van der Waals surface area contributed by atoms with Gasteiger partial charge in [-0.2, -0.15) is 5.10 Å². The van der Waals surface area contributed by atoms with Gasteiger partial charge >= 0.3 is 0 Å². The van der Waals surface area contributed by atoms with Crippen molar-refractivity contribution < 1.29 is 9.59 Å². The molecule has 0 aliphatic heterocycles. The van der Waals surface area contributed by atoms with E-state index in [9.17, 15) is 9.59 Å². The van der Waals surface area contributed by atoms with Crippen LogP contribution in [0.5, 0.6) is 0 Å². The lowest BCUT2D eigenvalue weighted by Gasteiger charge is -2.12. The van der Waals surface area contributed by atoms with Crippen LogP contribution < -0.4 is 5.32 Å². The van der Waals surface area contributed by atoms with Crippen LogP contribution in [0.15, 0.2) is 36.5 Å². The number of aromatic nitrogens is 3. The zero-order valence-corrected chi connectivity index (χ0v) is 16.3. The molecule has 27 heavy (non-hydrogen) atoms. The van der Waals surface area contributed by atoms with E-state index in [-0.39, 0.29) is 23.7 Å². The van der Waals surface area contributed by atoms with Gasteiger partial charge in [-0.15, -0.1) is 0 Å². The molecular weight excluding hydrogens is 340 g/mol. The third kappa shape index (κ3) is 3.74. The number of fused-ring (bicyclic) bond motifs is 1. The van der Waals surface area contributed by atoms with Crippen molar-refractivity contribution in [2.45, 2.75) is 46.6 Å². The molecule has 0 saturated heterocycles. The largest absolute Gasteiger partial charge is 0.322 e. The van der Waals surface area contributed by atoms with E-state index in [4.69, 9.17) is 4.98 Å². The maximum absolute atomic E-state index is 13.0. The van der Waals surface area contributed by atoms with Crippen molar-refractivity contribution in [3.05, 3.63) is 53.3 Å². The maximum Gasteiger partial charge on any atom is 0.256 e. The molecule has 0 aliphatic carbocycles. The Labute approximate surface area is 158 Å². The summed E-state index contributed by atoms with van der Waals surface area (Å²) in [4.78, 5) is 29.3. The van der Waals surface area contributed by atoms with Gasteiger partial charge in [-0.25, -0.2) is 9.67 Å². The van der Waals surface area contributed by atoms with Crippen LogP contribution >= 0.6 is 0 Å². The second-order valence-electron chi connectivity index (χ2n) is 7.26. The fraction of sp³-hybridized carbons (Fsp3) is 0.333. The number of hydrogen-bond acceptors (Lipinski definition) is 4. The minimum absolute atomic E-state index is 0.0438. The average Bonchev–Trinajstić information content (AvgIpc) is 3.05. The number of amides is 1. The lowest BCUT2D eigenvalue weighted by molar-refractivity contribution is 0.101. The molecule has 6 heteroatoms. The highest BCUT2D eigenvalue weighted by Gasteiger charge is 2.19. The Hall–Kier alpha value is -3.02. The summed E-state index contributed by atoms with van der Waals surface area (Å²) in [5.41, 5.74) is 3.22. The Bertz CT molecular complexity index is 1020. The third-order valence-corrected chi connectivity index (χ3v) is 4.44. The van der Waals surface area contributed by atoms with Crippen molar-refractivity contribution in [3.63, 3.8) is 0 Å². The van der Waals surface area contributed by atoms with Crippen molar-refractivity contribution in [1.29, 1.82) is 0 Å². The molecule has 1 amide bonds. The predicted molar refractivity (Wildman–Crippen MR) is 106 cm³/mol. The number of pyridine rings is 1. The molecule has 0 radical (unpaired) electrons. The molecule has 0 unspecified atom stereocenters. The SMILES string of the molecule is CC(=O)c1cccc(NC(=O)c2cc(C(C)C)nc3c2cnn3C(C)C)c1. The highest BCUT2D eigenvalue weighted by Crippen LogP contribution is 2.25. The quantitative estimate of drug-likeness (QED) is 0.672. The monoisotopic (exact) mass is 364 g/mol. The molecule has 2 aromatic heterocycles. The summed E-state index contributed by atoms with van der Waals surface area (Å²) in [5, 5.41) is 8.02. The molecule has 0 atom stereocenters. The number of Topliss-reactive ketones (excluding diaryl/α,β-unsaturated/α-hetero) is 1. The van der Waals surface area contributed by atoms with E-state index in [1.165, 1.54) is 6.92 Å². The van der Waals surface area contributed by atoms with Crippen LogP contribution in [-0.2, 0) is 0 Å². The van der Waals surface area contributed by atoms with Crippen molar-refractivity contribution in [3.8, 4) is 0 Å². The van der Waals surface area contributed by atoms with Gasteiger partial charge in [0.2, 0.25) is 0 Å². The first-order valence-electron chi connectivity index (χ1n) is 9.08. The molecule has 3 aromatic rings. The summed E-state index contributed by atoms with van der Waals surface area (Å²) in [7, 11) is 0. The highest BCUT2D eigenvalue weighted by molar-refractivity contribution is 6.12. The summed E-state index contributed by atoms with van der Waals surface area (Å²) in [6.45, 7) is 9.65. The van der Waals surface area contributed by atoms with E-state index in [1.807, 2.05) is 38.4 Å². The van der Waals surface area contributed by atoms with Crippen molar-refractivity contribution >= 4 is 28.4 Å². The van der Waals surface area contributed by atoms with Gasteiger partial charge in [0.15, 0.2) is 11.4 Å². The zero-order chi connectivity index (χ0) is 19.7. The normalized spacial score (nSPS) is 11.4. The maximum atomic E-state index is 13.0. The number of anilines is 1. The smallest absolute Gasteiger partial charge is 0.256 e. The van der Waals surface area contributed by atoms with Crippen molar-refractivity contribution in [2.24, 2.45) is 0 Å². The van der Waals surface area contributed by atoms with E-state index >= 15 is 0 Å². The van der Waals surface area contributed by atoms with E-state index in [0.29, 0.717) is 27.8 Å². The van der Waals surface area contributed by atoms with E-state index in [0.717, 1.165) is 5.69 Å². The van der Waals surface area contributed by atoms with Crippen LogP contribution in [0.1, 0.15) is 73.0 Å². The zero-order valence-electron chi connectivity index (χ0n) is 16.3. The van der Waals surface area contributed by atoms with Gasteiger partial charge in [-0.1, -0.05) is 26.0 Å².